The molecule has 1 atom stereocenters. The smallest absolute Gasteiger partial charge is 0.269 e. The second kappa shape index (κ2) is 2.14. The first-order valence-electron chi connectivity index (χ1n) is 3.97. The molecule has 0 saturated carbocycles. The maximum Gasteiger partial charge on any atom is 0.269 e. The van der Waals surface area contributed by atoms with E-state index in [1.807, 2.05) is 24.3 Å². The van der Waals surface area contributed by atoms with E-state index in [1.54, 1.807) is 0 Å². The molecule has 0 radical (unpaired) electrons. The second-order valence-electron chi connectivity index (χ2n) is 2.92. The summed E-state index contributed by atoms with van der Waals surface area (Å²) in [6.07, 6.45) is -0.0835. The van der Waals surface area contributed by atoms with Crippen molar-refractivity contribution < 1.29 is 14.2 Å². The van der Waals surface area contributed by atoms with E-state index in [9.17, 15) is 0 Å². The summed E-state index contributed by atoms with van der Waals surface area (Å²) >= 11 is 0. The Labute approximate surface area is 69.9 Å². The molecule has 3 nitrogen and oxygen atoms in total. The molecule has 1 aromatic carbocycles. The summed E-state index contributed by atoms with van der Waals surface area (Å²) in [5.74, 6) is 1.64. The molecule has 62 valence electrons. The molecule has 1 fully saturated rings. The Morgan fingerprint density at radius 2 is 1.67 bits per heavy atom. The summed E-state index contributed by atoms with van der Waals surface area (Å²) in [5, 5.41) is 0. The predicted octanol–water partition coefficient (Wildman–Crippen LogP) is 1.18. The van der Waals surface area contributed by atoms with Crippen LogP contribution in [0.4, 0.5) is 0 Å². The van der Waals surface area contributed by atoms with Crippen molar-refractivity contribution in [2.24, 2.45) is 0 Å². The van der Waals surface area contributed by atoms with Gasteiger partial charge in [-0.15, -0.1) is 0 Å². The van der Waals surface area contributed by atoms with Gasteiger partial charge in [0.05, 0.1) is 6.61 Å². The largest absolute Gasteiger partial charge is 0.448 e. The summed E-state index contributed by atoms with van der Waals surface area (Å²) in [4.78, 5) is 0. The third kappa shape index (κ3) is 0.865. The van der Waals surface area contributed by atoms with E-state index >= 15 is 0 Å². The molecule has 3 rings (SSSR count). The van der Waals surface area contributed by atoms with Crippen LogP contribution in [0.5, 0.6) is 11.5 Å². The first-order valence-corrected chi connectivity index (χ1v) is 3.97. The molecule has 0 spiro atoms. The minimum atomic E-state index is -0.220. The Balaban J connectivity index is 1.89. The maximum atomic E-state index is 5.48. The average molecular weight is 164 g/mol. The number of hydrogen-bond donors (Lipinski definition) is 0. The predicted molar refractivity (Wildman–Crippen MR) is 41.2 cm³/mol. The van der Waals surface area contributed by atoms with Gasteiger partial charge in [0, 0.05) is 0 Å². The van der Waals surface area contributed by atoms with Crippen molar-refractivity contribution >= 4 is 0 Å². The monoisotopic (exact) mass is 164 g/mol. The van der Waals surface area contributed by atoms with Gasteiger partial charge >= 0.3 is 0 Å². The Morgan fingerprint density at radius 1 is 1.08 bits per heavy atom. The van der Waals surface area contributed by atoms with Crippen LogP contribution >= 0.6 is 0 Å². The van der Waals surface area contributed by atoms with Crippen LogP contribution in [0.1, 0.15) is 0 Å². The van der Waals surface area contributed by atoms with Crippen molar-refractivity contribution in [3.05, 3.63) is 24.3 Å². The van der Waals surface area contributed by atoms with Crippen LogP contribution in [-0.4, -0.2) is 19.0 Å². The molecule has 0 aliphatic carbocycles. The molecule has 0 amide bonds. The fourth-order valence-corrected chi connectivity index (χ4v) is 1.28. The number of ether oxygens (including phenoxy) is 3. The zero-order valence-electron chi connectivity index (χ0n) is 6.40. The molecule has 3 heteroatoms. The molecule has 1 unspecified atom stereocenters. The lowest BCUT2D eigenvalue weighted by atomic mass is 10.3. The van der Waals surface area contributed by atoms with E-state index in [4.69, 9.17) is 14.2 Å². The highest BCUT2D eigenvalue weighted by Crippen LogP contribution is 2.37. The zero-order chi connectivity index (χ0) is 7.97. The molecule has 2 aliphatic rings. The Hall–Kier alpha value is -1.22. The number of para-hydroxylation sites is 2. The molecule has 0 aromatic heterocycles. The molecule has 2 heterocycles. The number of epoxide rings is 1. The third-order valence-corrected chi connectivity index (χ3v) is 2.00. The van der Waals surface area contributed by atoms with Crippen LogP contribution in [-0.2, 0) is 4.74 Å². The summed E-state index contributed by atoms with van der Waals surface area (Å²) in [7, 11) is 0. The molecular weight excluding hydrogens is 156 g/mol. The van der Waals surface area contributed by atoms with Crippen LogP contribution in [0.15, 0.2) is 24.3 Å². The molecule has 0 N–H and O–H groups in total. The van der Waals surface area contributed by atoms with Crippen molar-refractivity contribution in [1.29, 1.82) is 0 Å². The van der Waals surface area contributed by atoms with Gasteiger partial charge in [-0.3, -0.25) is 0 Å². The number of benzene rings is 1. The van der Waals surface area contributed by atoms with Crippen LogP contribution in [0, 0.1) is 0 Å². The van der Waals surface area contributed by atoms with E-state index in [-0.39, 0.29) is 12.4 Å². The highest BCUT2D eigenvalue weighted by atomic mass is 16.7. The van der Waals surface area contributed by atoms with Crippen LogP contribution in [0.3, 0.4) is 0 Å². The van der Waals surface area contributed by atoms with E-state index < -0.39 is 0 Å². The SMILES string of the molecule is c1ccc2c(c1)OC(C1CO1)O2. The zero-order valence-corrected chi connectivity index (χ0v) is 6.40. The highest BCUT2D eigenvalue weighted by molar-refractivity contribution is 5.42. The third-order valence-electron chi connectivity index (χ3n) is 2.00. The fourth-order valence-electron chi connectivity index (χ4n) is 1.28. The molecule has 12 heavy (non-hydrogen) atoms. The normalized spacial score (nSPS) is 25.8. The van der Waals surface area contributed by atoms with Gasteiger partial charge in [0.15, 0.2) is 17.6 Å². The fraction of sp³-hybridized carbons (Fsp3) is 0.333. The van der Waals surface area contributed by atoms with Gasteiger partial charge in [-0.05, 0) is 12.1 Å². The first kappa shape index (κ1) is 6.31. The van der Waals surface area contributed by atoms with E-state index in [0.29, 0.717) is 0 Å². The van der Waals surface area contributed by atoms with Gasteiger partial charge in [0.25, 0.3) is 6.29 Å². The van der Waals surface area contributed by atoms with Crippen LogP contribution in [0.2, 0.25) is 0 Å². The van der Waals surface area contributed by atoms with Crippen molar-refractivity contribution in [2.75, 3.05) is 6.61 Å². The highest BCUT2D eigenvalue weighted by Gasteiger charge is 2.40. The van der Waals surface area contributed by atoms with Gasteiger partial charge in [0.2, 0.25) is 0 Å². The molecule has 0 bridgehead atoms. The summed E-state index contributed by atoms with van der Waals surface area (Å²) < 4.78 is 16.0. The summed E-state index contributed by atoms with van der Waals surface area (Å²) in [5.41, 5.74) is 0. The lowest BCUT2D eigenvalue weighted by Gasteiger charge is -2.04. The maximum absolute atomic E-state index is 5.48. The van der Waals surface area contributed by atoms with Crippen LogP contribution < -0.4 is 9.47 Å². The lowest BCUT2D eigenvalue weighted by Crippen LogP contribution is -2.24. The van der Waals surface area contributed by atoms with Crippen LogP contribution in [0.25, 0.3) is 0 Å². The Bertz CT molecular complexity index is 281. The molecule has 2 aliphatic heterocycles. The second-order valence-corrected chi connectivity index (χ2v) is 2.92. The van der Waals surface area contributed by atoms with Gasteiger partial charge in [-0.1, -0.05) is 12.1 Å². The van der Waals surface area contributed by atoms with E-state index in [2.05, 4.69) is 0 Å². The van der Waals surface area contributed by atoms with Gasteiger partial charge in [0.1, 0.15) is 0 Å². The van der Waals surface area contributed by atoms with Gasteiger partial charge in [-0.2, -0.15) is 0 Å². The number of fused-ring (bicyclic) bond motifs is 1. The summed E-state index contributed by atoms with van der Waals surface area (Å²) in [6, 6.07) is 7.66. The van der Waals surface area contributed by atoms with Crippen molar-refractivity contribution in [1.82, 2.24) is 0 Å². The van der Waals surface area contributed by atoms with Crippen molar-refractivity contribution in [2.45, 2.75) is 12.4 Å². The lowest BCUT2D eigenvalue weighted by molar-refractivity contribution is 0.0236. The average Bonchev–Trinajstić information content (AvgIpc) is 2.85. The topological polar surface area (TPSA) is 31.0 Å². The van der Waals surface area contributed by atoms with E-state index in [0.717, 1.165) is 18.1 Å². The minimum Gasteiger partial charge on any atom is -0.448 e. The Kier molecular flexibility index (Phi) is 1.12. The van der Waals surface area contributed by atoms with Gasteiger partial charge in [-0.25, -0.2) is 0 Å². The molecule has 1 saturated heterocycles. The minimum absolute atomic E-state index is 0.136. The van der Waals surface area contributed by atoms with Crippen molar-refractivity contribution in [3.63, 3.8) is 0 Å². The first-order chi connectivity index (χ1) is 5.93. The standard InChI is InChI=1S/C9H8O3/c1-2-4-7-6(3-1)11-9(12-7)8-5-10-8/h1-4,8-9H,5H2. The molecular formula is C9H8O3. The van der Waals surface area contributed by atoms with E-state index in [1.165, 1.54) is 0 Å². The Morgan fingerprint density at radius 3 is 2.17 bits per heavy atom. The molecule has 1 aromatic rings. The van der Waals surface area contributed by atoms with Gasteiger partial charge < -0.3 is 14.2 Å². The van der Waals surface area contributed by atoms with Crippen molar-refractivity contribution in [3.8, 4) is 11.5 Å². The summed E-state index contributed by atoms with van der Waals surface area (Å²) in [6.45, 7) is 0.749. The quantitative estimate of drug-likeness (QED) is 0.584. The number of hydrogen-bond acceptors (Lipinski definition) is 3. The number of rotatable bonds is 1.